The van der Waals surface area contributed by atoms with Gasteiger partial charge in [0.1, 0.15) is 5.02 Å². The van der Waals surface area contributed by atoms with Crippen LogP contribution in [0.3, 0.4) is 0 Å². The number of rotatable bonds is 7. The van der Waals surface area contributed by atoms with Crippen molar-refractivity contribution in [2.45, 2.75) is 11.8 Å². The van der Waals surface area contributed by atoms with E-state index >= 15 is 0 Å². The summed E-state index contributed by atoms with van der Waals surface area (Å²) in [5, 5.41) is 14.2. The van der Waals surface area contributed by atoms with Gasteiger partial charge in [0.15, 0.2) is 5.82 Å². The van der Waals surface area contributed by atoms with Gasteiger partial charge in [-0.05, 0) is 42.8 Å². The molecule has 1 heterocycles. The molecule has 11 heteroatoms. The zero-order valence-corrected chi connectivity index (χ0v) is 18.0. The fourth-order valence-corrected chi connectivity index (χ4v) is 3.24. The zero-order valence-electron chi connectivity index (χ0n) is 16.4. The number of benzene rings is 2. The van der Waals surface area contributed by atoms with E-state index < -0.39 is 10.0 Å². The second kappa shape index (κ2) is 9.13. The normalized spacial score (nSPS) is 10.9. The molecule has 0 aliphatic carbocycles. The van der Waals surface area contributed by atoms with Gasteiger partial charge in [-0.1, -0.05) is 36.4 Å². The second-order valence-corrected chi connectivity index (χ2v) is 8.37. The topological polar surface area (TPSA) is 139 Å². The minimum Gasteiger partial charge on any atom is -0.337 e. The summed E-state index contributed by atoms with van der Waals surface area (Å²) in [7, 11) is -3.86. The van der Waals surface area contributed by atoms with Gasteiger partial charge in [-0.15, -0.1) is 0 Å². The average molecular weight is 459 g/mol. The molecule has 0 radical (unpaired) electrons. The van der Waals surface area contributed by atoms with Crippen molar-refractivity contribution in [3.8, 4) is 0 Å². The highest BCUT2D eigenvalue weighted by Gasteiger charge is 2.13. The standard InChI is InChI=1S/C20H19ClN6O3S/c1-3-18(28)24-15-6-4-5-7-16(15)25-19-14(21)11-23-20(27-19)26-17-10-13(31(22,29)30)9-8-12(17)2/h3-11H,1H2,2H3,(H,24,28)(H2,22,29,30)(H2,23,25,26,27). The predicted molar refractivity (Wildman–Crippen MR) is 121 cm³/mol. The summed E-state index contributed by atoms with van der Waals surface area (Å²) in [4.78, 5) is 20.1. The van der Waals surface area contributed by atoms with E-state index in [1.807, 2.05) is 0 Å². The number of hydrogen-bond donors (Lipinski definition) is 4. The number of primary sulfonamides is 1. The molecule has 0 aliphatic heterocycles. The van der Waals surface area contributed by atoms with Crippen molar-refractivity contribution < 1.29 is 13.2 Å². The van der Waals surface area contributed by atoms with Crippen molar-refractivity contribution in [2.24, 2.45) is 5.14 Å². The summed E-state index contributed by atoms with van der Waals surface area (Å²) < 4.78 is 23.3. The Morgan fingerprint density at radius 1 is 1.13 bits per heavy atom. The summed E-state index contributed by atoms with van der Waals surface area (Å²) in [5.74, 6) is 0.0875. The van der Waals surface area contributed by atoms with Crippen LogP contribution in [0.4, 0.5) is 28.8 Å². The first-order valence-corrected chi connectivity index (χ1v) is 10.8. The highest BCUT2D eigenvalue weighted by molar-refractivity contribution is 7.89. The van der Waals surface area contributed by atoms with E-state index in [1.165, 1.54) is 18.3 Å². The molecule has 160 valence electrons. The second-order valence-electron chi connectivity index (χ2n) is 6.40. The van der Waals surface area contributed by atoms with Crippen LogP contribution >= 0.6 is 11.6 Å². The van der Waals surface area contributed by atoms with Gasteiger partial charge in [-0.3, -0.25) is 4.79 Å². The summed E-state index contributed by atoms with van der Waals surface area (Å²) in [6.07, 6.45) is 2.55. The van der Waals surface area contributed by atoms with Crippen LogP contribution < -0.4 is 21.1 Å². The number of aromatic nitrogens is 2. The fraction of sp³-hybridized carbons (Fsp3) is 0.0500. The quantitative estimate of drug-likeness (QED) is 0.396. The molecular weight excluding hydrogens is 440 g/mol. The smallest absolute Gasteiger partial charge is 0.247 e. The van der Waals surface area contributed by atoms with E-state index in [0.29, 0.717) is 17.1 Å². The van der Waals surface area contributed by atoms with Gasteiger partial charge in [0.05, 0.1) is 22.5 Å². The molecule has 9 nitrogen and oxygen atoms in total. The average Bonchev–Trinajstić information content (AvgIpc) is 2.72. The van der Waals surface area contributed by atoms with E-state index in [1.54, 1.807) is 37.3 Å². The number of aryl methyl sites for hydroxylation is 1. The number of carbonyl (C=O) groups excluding carboxylic acids is 1. The van der Waals surface area contributed by atoms with Crippen molar-refractivity contribution in [3.63, 3.8) is 0 Å². The summed E-state index contributed by atoms with van der Waals surface area (Å²) in [6, 6.07) is 11.4. The summed E-state index contributed by atoms with van der Waals surface area (Å²) >= 11 is 6.24. The van der Waals surface area contributed by atoms with Crippen LogP contribution in [0.2, 0.25) is 5.02 Å². The third-order valence-corrected chi connectivity index (χ3v) is 5.34. The van der Waals surface area contributed by atoms with Gasteiger partial charge in [0.25, 0.3) is 0 Å². The van der Waals surface area contributed by atoms with Crippen molar-refractivity contribution in [2.75, 3.05) is 16.0 Å². The summed E-state index contributed by atoms with van der Waals surface area (Å²) in [6.45, 7) is 5.23. The Hall–Kier alpha value is -3.47. The molecule has 2 aromatic carbocycles. The molecule has 0 aliphatic rings. The number of halogens is 1. The SMILES string of the molecule is C=CC(=O)Nc1ccccc1Nc1nc(Nc2cc(S(N)(=O)=O)ccc2C)ncc1Cl. The van der Waals surface area contributed by atoms with E-state index in [4.69, 9.17) is 16.7 Å². The molecule has 0 saturated carbocycles. The minimum atomic E-state index is -3.86. The first-order chi connectivity index (χ1) is 14.7. The summed E-state index contributed by atoms with van der Waals surface area (Å²) in [5.41, 5.74) is 2.29. The van der Waals surface area contributed by atoms with Gasteiger partial charge >= 0.3 is 0 Å². The molecule has 31 heavy (non-hydrogen) atoms. The number of nitrogens with two attached hydrogens (primary N) is 1. The van der Waals surface area contributed by atoms with Crippen molar-refractivity contribution in [1.82, 2.24) is 9.97 Å². The maximum atomic E-state index is 11.7. The molecular formula is C20H19ClN6O3S. The third kappa shape index (κ3) is 5.57. The van der Waals surface area contributed by atoms with E-state index in [-0.39, 0.29) is 27.6 Å². The Morgan fingerprint density at radius 2 is 1.84 bits per heavy atom. The number of amides is 1. The number of nitrogens with one attached hydrogen (secondary N) is 3. The number of anilines is 5. The first kappa shape index (κ1) is 22.2. The van der Waals surface area contributed by atoms with Crippen molar-refractivity contribution in [1.29, 1.82) is 0 Å². The number of hydrogen-bond acceptors (Lipinski definition) is 7. The maximum absolute atomic E-state index is 11.7. The Morgan fingerprint density at radius 3 is 2.52 bits per heavy atom. The molecule has 3 rings (SSSR count). The first-order valence-electron chi connectivity index (χ1n) is 8.90. The lowest BCUT2D eigenvalue weighted by molar-refractivity contribution is -0.111. The van der Waals surface area contributed by atoms with Gasteiger partial charge < -0.3 is 16.0 Å². The molecule has 0 unspecified atom stereocenters. The van der Waals surface area contributed by atoms with E-state index in [0.717, 1.165) is 11.6 Å². The van der Waals surface area contributed by atoms with Crippen LogP contribution in [-0.2, 0) is 14.8 Å². The monoisotopic (exact) mass is 458 g/mol. The largest absolute Gasteiger partial charge is 0.337 e. The Bertz CT molecular complexity index is 1260. The van der Waals surface area contributed by atoms with Gasteiger partial charge in [-0.2, -0.15) is 4.98 Å². The lowest BCUT2D eigenvalue weighted by Crippen LogP contribution is -2.12. The predicted octanol–water partition coefficient (Wildman–Crippen LogP) is 3.70. The van der Waals surface area contributed by atoms with Gasteiger partial charge in [0, 0.05) is 5.69 Å². The lowest BCUT2D eigenvalue weighted by Gasteiger charge is -2.14. The number of sulfonamides is 1. The molecule has 1 aromatic heterocycles. The maximum Gasteiger partial charge on any atom is 0.247 e. The van der Waals surface area contributed by atoms with Crippen LogP contribution in [0.1, 0.15) is 5.56 Å². The highest BCUT2D eigenvalue weighted by Crippen LogP contribution is 2.30. The van der Waals surface area contributed by atoms with Gasteiger partial charge in [0.2, 0.25) is 21.9 Å². The van der Waals surface area contributed by atoms with Crippen LogP contribution in [0.5, 0.6) is 0 Å². The number of para-hydroxylation sites is 2. The molecule has 5 N–H and O–H groups in total. The number of nitrogens with zero attached hydrogens (tertiary/aromatic N) is 2. The molecule has 0 saturated heterocycles. The third-order valence-electron chi connectivity index (χ3n) is 4.15. The van der Waals surface area contributed by atoms with Crippen LogP contribution in [0.15, 0.2) is 66.2 Å². The molecule has 0 bridgehead atoms. The Labute approximate surface area is 184 Å². The Kier molecular flexibility index (Phi) is 6.54. The zero-order chi connectivity index (χ0) is 22.6. The molecule has 0 spiro atoms. The van der Waals surface area contributed by atoms with Gasteiger partial charge in [-0.25, -0.2) is 18.5 Å². The molecule has 1 amide bonds. The number of carbonyl (C=O) groups is 1. The van der Waals surface area contributed by atoms with Crippen molar-refractivity contribution in [3.05, 3.63) is 71.9 Å². The van der Waals surface area contributed by atoms with Crippen LogP contribution in [-0.4, -0.2) is 24.3 Å². The lowest BCUT2D eigenvalue weighted by atomic mass is 10.2. The molecule has 3 aromatic rings. The highest BCUT2D eigenvalue weighted by atomic mass is 35.5. The van der Waals surface area contributed by atoms with Crippen LogP contribution in [0.25, 0.3) is 0 Å². The van der Waals surface area contributed by atoms with E-state index in [2.05, 4.69) is 32.5 Å². The molecule has 0 atom stereocenters. The van der Waals surface area contributed by atoms with E-state index in [9.17, 15) is 13.2 Å². The van der Waals surface area contributed by atoms with Crippen molar-refractivity contribution >= 4 is 56.4 Å². The van der Waals surface area contributed by atoms with Crippen LogP contribution in [0, 0.1) is 6.92 Å². The Balaban J connectivity index is 1.91. The minimum absolute atomic E-state index is 0.0419. The fourth-order valence-electron chi connectivity index (χ4n) is 2.56. The molecule has 0 fully saturated rings.